The number of methoxy groups -OCH3 is 1. The van der Waals surface area contributed by atoms with Crippen LogP contribution in [-0.4, -0.2) is 63.6 Å². The van der Waals surface area contributed by atoms with Crippen molar-refractivity contribution in [3.63, 3.8) is 0 Å². The van der Waals surface area contributed by atoms with Gasteiger partial charge >= 0.3 is 0 Å². The van der Waals surface area contributed by atoms with Crippen LogP contribution in [0.4, 0.5) is 0 Å². The fourth-order valence-corrected chi connectivity index (χ4v) is 5.68. The monoisotopic (exact) mass is 432 g/mol. The van der Waals surface area contributed by atoms with Crippen molar-refractivity contribution in [2.24, 2.45) is 0 Å². The van der Waals surface area contributed by atoms with Crippen LogP contribution in [0.5, 0.6) is 11.5 Å². The smallest absolute Gasteiger partial charge is 0.274 e. The van der Waals surface area contributed by atoms with E-state index >= 15 is 0 Å². The Morgan fingerprint density at radius 3 is 2.47 bits per heavy atom. The Bertz CT molecular complexity index is 889. The van der Waals surface area contributed by atoms with Crippen molar-refractivity contribution in [1.82, 2.24) is 9.21 Å². The predicted molar refractivity (Wildman–Crippen MR) is 116 cm³/mol. The third-order valence-electron chi connectivity index (χ3n) is 5.62. The molecule has 7 nitrogen and oxygen atoms in total. The van der Waals surface area contributed by atoms with Crippen LogP contribution in [0.2, 0.25) is 0 Å². The minimum Gasteiger partial charge on any atom is -0.497 e. The maximum Gasteiger partial charge on any atom is 0.274 e. The van der Waals surface area contributed by atoms with Crippen LogP contribution in [0.15, 0.2) is 53.4 Å². The largest absolute Gasteiger partial charge is 0.497 e. The van der Waals surface area contributed by atoms with E-state index in [0.29, 0.717) is 17.0 Å². The normalized spacial score (nSPS) is 21.5. The number of unbranched alkanes of at least 4 members (excludes halogenated alkanes) is 1. The first-order chi connectivity index (χ1) is 14.5. The van der Waals surface area contributed by atoms with Gasteiger partial charge in [0.2, 0.25) is 0 Å². The number of fused-ring (bicyclic) bond motifs is 1. The molecular formula is C22H28N2O5S. The molecule has 1 amide bonds. The van der Waals surface area contributed by atoms with Crippen LogP contribution in [0.25, 0.3) is 0 Å². The quantitative estimate of drug-likeness (QED) is 0.611. The summed E-state index contributed by atoms with van der Waals surface area (Å²) in [6.45, 7) is 3.09. The van der Waals surface area contributed by atoms with Crippen molar-refractivity contribution in [1.29, 1.82) is 0 Å². The van der Waals surface area contributed by atoms with Crippen molar-refractivity contribution in [2.75, 3.05) is 33.3 Å². The molecule has 1 unspecified atom stereocenters. The van der Waals surface area contributed by atoms with Crippen LogP contribution in [-0.2, 0) is 0 Å². The zero-order valence-corrected chi connectivity index (χ0v) is 17.9. The molecule has 0 radical (unpaired) electrons. The molecule has 162 valence electrons. The van der Waals surface area contributed by atoms with E-state index < -0.39 is 10.8 Å². The molecular weight excluding hydrogens is 404 g/mol. The molecule has 0 saturated carbocycles. The van der Waals surface area contributed by atoms with Gasteiger partial charge in [0.05, 0.1) is 17.6 Å². The molecule has 0 aliphatic carbocycles. The fourth-order valence-electron chi connectivity index (χ4n) is 4.01. The van der Waals surface area contributed by atoms with Gasteiger partial charge in [-0.1, -0.05) is 22.9 Å². The van der Waals surface area contributed by atoms with Crippen molar-refractivity contribution in [2.45, 2.75) is 30.3 Å². The van der Waals surface area contributed by atoms with Gasteiger partial charge in [0.25, 0.3) is 5.91 Å². The lowest BCUT2D eigenvalue weighted by Crippen LogP contribution is -2.30. The molecule has 2 aromatic carbocycles. The van der Waals surface area contributed by atoms with E-state index in [1.807, 2.05) is 24.3 Å². The average molecular weight is 433 g/mol. The molecule has 0 spiro atoms. The number of carbonyl (C=O) groups excluding carboxylic acids is 1. The highest BCUT2D eigenvalue weighted by molar-refractivity contribution is 8.23. The second-order valence-corrected chi connectivity index (χ2v) is 9.55. The van der Waals surface area contributed by atoms with Crippen molar-refractivity contribution in [3.05, 3.63) is 54.1 Å². The van der Waals surface area contributed by atoms with Crippen molar-refractivity contribution >= 4 is 16.7 Å². The van der Waals surface area contributed by atoms with Gasteiger partial charge in [0.15, 0.2) is 0 Å². The summed E-state index contributed by atoms with van der Waals surface area (Å²) in [7, 11) is -1.56. The lowest BCUT2D eigenvalue weighted by atomic mass is 10.2. The summed E-state index contributed by atoms with van der Waals surface area (Å²) in [5.74, 6) is 1.37. The molecule has 1 atom stereocenters. The first-order valence-corrected chi connectivity index (χ1v) is 11.7. The minimum atomic E-state index is -3.20. The number of benzene rings is 2. The molecule has 0 bridgehead atoms. The Balaban J connectivity index is 1.21. The van der Waals surface area contributed by atoms with E-state index in [0.717, 1.165) is 50.4 Å². The second kappa shape index (κ2) is 8.85. The van der Waals surface area contributed by atoms with Crippen LogP contribution in [0.3, 0.4) is 0 Å². The van der Waals surface area contributed by atoms with E-state index in [9.17, 15) is 13.9 Å². The molecule has 0 aromatic heterocycles. The fraction of sp³-hybridized carbons (Fsp3) is 0.409. The predicted octanol–water partition coefficient (Wildman–Crippen LogP) is 4.11. The van der Waals surface area contributed by atoms with E-state index in [2.05, 4.69) is 4.90 Å². The van der Waals surface area contributed by atoms with Crippen LogP contribution in [0.1, 0.15) is 29.6 Å². The highest BCUT2D eigenvalue weighted by atomic mass is 32.3. The van der Waals surface area contributed by atoms with Crippen LogP contribution < -0.4 is 9.47 Å². The van der Waals surface area contributed by atoms with Gasteiger partial charge < -0.3 is 9.47 Å². The summed E-state index contributed by atoms with van der Waals surface area (Å²) in [5, 5.41) is 0. The summed E-state index contributed by atoms with van der Waals surface area (Å²) in [4.78, 5) is 15.2. The number of carbonyl (C=O) groups is 1. The molecule has 2 aliphatic rings. The zero-order chi connectivity index (χ0) is 21.1. The number of nitrogens with zero attached hydrogens (tertiary/aromatic N) is 2. The molecule has 8 heteroatoms. The topological polar surface area (TPSA) is 82.5 Å². The number of ether oxygens (including phenoxy) is 2. The van der Waals surface area contributed by atoms with Gasteiger partial charge in [-0.25, -0.2) is 4.31 Å². The van der Waals surface area contributed by atoms with Crippen molar-refractivity contribution < 1.29 is 23.4 Å². The number of amides is 1. The standard InChI is InChI=1S/C22H28N2O5S/c1-28-17-8-10-18(11-9-17)29-19-12-15-23(16-19)13-4-5-14-24-22(25)20-6-2-3-7-21(20)30(24,26)27/h2-3,6-11,19,26-27H,4-5,12-16H2,1H3. The van der Waals surface area contributed by atoms with E-state index in [1.165, 1.54) is 4.31 Å². The first-order valence-electron chi connectivity index (χ1n) is 10.2. The maximum absolute atomic E-state index is 12.5. The van der Waals surface area contributed by atoms with Gasteiger partial charge in [-0.15, -0.1) is 0 Å². The van der Waals surface area contributed by atoms with E-state index in [1.54, 1.807) is 31.4 Å². The molecule has 2 aromatic rings. The van der Waals surface area contributed by atoms with Crippen LogP contribution in [0, 0.1) is 0 Å². The van der Waals surface area contributed by atoms with Gasteiger partial charge in [-0.3, -0.25) is 18.8 Å². The van der Waals surface area contributed by atoms with Gasteiger partial charge in [-0.05, 0) is 62.2 Å². The molecule has 2 aliphatic heterocycles. The molecule has 30 heavy (non-hydrogen) atoms. The molecule has 2 heterocycles. The summed E-state index contributed by atoms with van der Waals surface area (Å²) >= 11 is 0. The third-order valence-corrected chi connectivity index (χ3v) is 7.53. The molecule has 1 fully saturated rings. The Kier molecular flexibility index (Phi) is 6.19. The molecule has 2 N–H and O–H groups in total. The maximum atomic E-state index is 12.5. The third kappa shape index (κ3) is 4.27. The average Bonchev–Trinajstić information content (AvgIpc) is 3.27. The van der Waals surface area contributed by atoms with Gasteiger partial charge in [0.1, 0.15) is 17.6 Å². The molecule has 1 saturated heterocycles. The highest BCUT2D eigenvalue weighted by Crippen LogP contribution is 2.58. The highest BCUT2D eigenvalue weighted by Gasteiger charge is 2.40. The van der Waals surface area contributed by atoms with Gasteiger partial charge in [0, 0.05) is 19.6 Å². The van der Waals surface area contributed by atoms with Crippen molar-refractivity contribution in [3.8, 4) is 11.5 Å². The van der Waals surface area contributed by atoms with Gasteiger partial charge in [-0.2, -0.15) is 0 Å². The second-order valence-electron chi connectivity index (χ2n) is 7.63. The summed E-state index contributed by atoms with van der Waals surface area (Å²) in [6, 6.07) is 14.4. The Morgan fingerprint density at radius 1 is 1.03 bits per heavy atom. The Morgan fingerprint density at radius 2 is 1.73 bits per heavy atom. The summed E-state index contributed by atoms with van der Waals surface area (Å²) in [6.07, 6.45) is 2.74. The number of rotatable bonds is 8. The minimum absolute atomic E-state index is 0.167. The van der Waals surface area contributed by atoms with E-state index in [4.69, 9.17) is 9.47 Å². The summed E-state index contributed by atoms with van der Waals surface area (Å²) < 4.78 is 33.5. The SMILES string of the molecule is COc1ccc(OC2CCN(CCCCN3C(=O)c4ccccc4S3(O)O)C2)cc1. The Labute approximate surface area is 178 Å². The van der Waals surface area contributed by atoms with Crippen LogP contribution >= 0.6 is 10.8 Å². The lowest BCUT2D eigenvalue weighted by Gasteiger charge is -2.37. The number of hydrogen-bond acceptors (Lipinski definition) is 6. The summed E-state index contributed by atoms with van der Waals surface area (Å²) in [5.41, 5.74) is 0.399. The molecule has 4 rings (SSSR count). The zero-order valence-electron chi connectivity index (χ0n) is 17.1. The lowest BCUT2D eigenvalue weighted by molar-refractivity contribution is 0.0860. The first kappa shape index (κ1) is 21.0. The Hall–Kier alpha value is -2.26. The number of likely N-dealkylation sites (tertiary alicyclic amines) is 1. The number of hydrogen-bond donors (Lipinski definition) is 2. The van der Waals surface area contributed by atoms with E-state index in [-0.39, 0.29) is 12.0 Å².